The summed E-state index contributed by atoms with van der Waals surface area (Å²) >= 11 is 8.23. The van der Waals surface area contributed by atoms with Gasteiger partial charge in [0, 0.05) is 10.7 Å². The van der Waals surface area contributed by atoms with Crippen molar-refractivity contribution in [1.82, 2.24) is 4.98 Å². The SMILES string of the molecule is Cc1cc(=S)[nH]cc1Br. The number of rotatable bonds is 0. The Balaban J connectivity index is 3.34. The van der Waals surface area contributed by atoms with Crippen molar-refractivity contribution in [3.63, 3.8) is 0 Å². The third-order valence-corrected chi connectivity index (χ3v) is 2.16. The van der Waals surface area contributed by atoms with Crippen molar-refractivity contribution in [3.05, 3.63) is 26.9 Å². The molecule has 0 saturated heterocycles. The maximum Gasteiger partial charge on any atom is 0.103 e. The molecule has 0 atom stereocenters. The monoisotopic (exact) mass is 203 g/mol. The zero-order valence-corrected chi connectivity index (χ0v) is 7.34. The van der Waals surface area contributed by atoms with Gasteiger partial charge in [-0.2, -0.15) is 0 Å². The summed E-state index contributed by atoms with van der Waals surface area (Å²) in [5.41, 5.74) is 1.17. The molecule has 1 rings (SSSR count). The number of aromatic nitrogens is 1. The van der Waals surface area contributed by atoms with E-state index in [0.29, 0.717) is 0 Å². The highest BCUT2D eigenvalue weighted by Gasteiger charge is 1.89. The Labute approximate surface area is 67.2 Å². The lowest BCUT2D eigenvalue weighted by Crippen LogP contribution is -1.77. The minimum atomic E-state index is 0.774. The van der Waals surface area contributed by atoms with Gasteiger partial charge in [-0.25, -0.2) is 0 Å². The fourth-order valence-electron chi connectivity index (χ4n) is 0.556. The quantitative estimate of drug-likeness (QED) is 0.642. The van der Waals surface area contributed by atoms with E-state index >= 15 is 0 Å². The van der Waals surface area contributed by atoms with Gasteiger partial charge in [-0.3, -0.25) is 0 Å². The Morgan fingerprint density at radius 3 is 2.78 bits per heavy atom. The van der Waals surface area contributed by atoms with Crippen LogP contribution >= 0.6 is 28.1 Å². The second-order valence-corrected chi connectivity index (χ2v) is 3.12. The number of aromatic amines is 1. The number of pyridine rings is 1. The Kier molecular flexibility index (Phi) is 2.03. The van der Waals surface area contributed by atoms with Gasteiger partial charge in [0.15, 0.2) is 0 Å². The molecule has 1 aromatic rings. The molecule has 0 aromatic carbocycles. The molecule has 1 nitrogen and oxygen atoms in total. The van der Waals surface area contributed by atoms with Gasteiger partial charge >= 0.3 is 0 Å². The topological polar surface area (TPSA) is 15.8 Å². The number of nitrogens with one attached hydrogen (secondary N) is 1. The largest absolute Gasteiger partial charge is 0.352 e. The molecule has 0 aliphatic carbocycles. The van der Waals surface area contributed by atoms with E-state index in [0.717, 1.165) is 9.11 Å². The molecule has 1 aromatic heterocycles. The number of H-pyrrole nitrogens is 1. The molecule has 1 N–H and O–H groups in total. The molecular weight excluding hydrogens is 198 g/mol. The van der Waals surface area contributed by atoms with E-state index in [-0.39, 0.29) is 0 Å². The number of aryl methyl sites for hydroxylation is 1. The van der Waals surface area contributed by atoms with Crippen LogP contribution in [0.2, 0.25) is 0 Å². The summed E-state index contributed by atoms with van der Waals surface area (Å²) in [6, 6.07) is 1.92. The summed E-state index contributed by atoms with van der Waals surface area (Å²) in [5, 5.41) is 0. The van der Waals surface area contributed by atoms with Crippen LogP contribution in [0.4, 0.5) is 0 Å². The summed E-state index contributed by atoms with van der Waals surface area (Å²) in [7, 11) is 0. The maximum absolute atomic E-state index is 4.88. The Morgan fingerprint density at radius 1 is 1.67 bits per heavy atom. The molecule has 0 aliphatic rings. The third-order valence-electron chi connectivity index (χ3n) is 1.07. The van der Waals surface area contributed by atoms with Gasteiger partial charge in [-0.15, -0.1) is 0 Å². The second-order valence-electron chi connectivity index (χ2n) is 1.83. The first-order valence-corrected chi connectivity index (χ1v) is 3.75. The molecule has 9 heavy (non-hydrogen) atoms. The Hall–Kier alpha value is -0.150. The molecule has 3 heteroatoms. The highest BCUT2D eigenvalue weighted by atomic mass is 79.9. The van der Waals surface area contributed by atoms with Crippen LogP contribution in [0.3, 0.4) is 0 Å². The summed E-state index contributed by atoms with van der Waals surface area (Å²) in [6.45, 7) is 2.01. The minimum absolute atomic E-state index is 0.774. The molecule has 0 unspecified atom stereocenters. The van der Waals surface area contributed by atoms with Crippen molar-refractivity contribution in [2.45, 2.75) is 6.92 Å². The normalized spacial score (nSPS) is 9.56. The van der Waals surface area contributed by atoms with E-state index in [4.69, 9.17) is 12.2 Å². The fourth-order valence-corrected chi connectivity index (χ4v) is 1.02. The lowest BCUT2D eigenvalue weighted by Gasteiger charge is -1.93. The van der Waals surface area contributed by atoms with Crippen LogP contribution in [0.15, 0.2) is 16.7 Å². The molecular formula is C6H6BrNS. The molecule has 0 amide bonds. The van der Waals surface area contributed by atoms with E-state index in [1.54, 1.807) is 0 Å². The van der Waals surface area contributed by atoms with Crippen LogP contribution in [0, 0.1) is 11.6 Å². The predicted molar refractivity (Wildman–Crippen MR) is 44.1 cm³/mol. The van der Waals surface area contributed by atoms with Crippen LogP contribution in [0.5, 0.6) is 0 Å². The number of halogens is 1. The predicted octanol–water partition coefficient (Wildman–Crippen LogP) is 2.82. The second kappa shape index (κ2) is 2.62. The zero-order valence-electron chi connectivity index (χ0n) is 4.94. The summed E-state index contributed by atoms with van der Waals surface area (Å²) in [4.78, 5) is 2.91. The van der Waals surface area contributed by atoms with Gasteiger partial charge in [0.05, 0.1) is 0 Å². The highest BCUT2D eigenvalue weighted by Crippen LogP contribution is 2.12. The molecule has 0 radical (unpaired) electrons. The average Bonchev–Trinajstić information content (AvgIpc) is 1.80. The van der Waals surface area contributed by atoms with E-state index in [2.05, 4.69) is 20.9 Å². The van der Waals surface area contributed by atoms with Crippen molar-refractivity contribution in [2.24, 2.45) is 0 Å². The van der Waals surface area contributed by atoms with Gasteiger partial charge in [-0.1, -0.05) is 12.2 Å². The van der Waals surface area contributed by atoms with Gasteiger partial charge in [-0.05, 0) is 34.5 Å². The Bertz CT molecular complexity index is 266. The Morgan fingerprint density at radius 2 is 2.33 bits per heavy atom. The van der Waals surface area contributed by atoms with E-state index in [1.165, 1.54) is 5.56 Å². The maximum atomic E-state index is 4.88. The standard InChI is InChI=1S/C6H6BrNS/c1-4-2-6(9)8-3-5(4)7/h2-3H,1H3,(H,8,9). The van der Waals surface area contributed by atoms with Crippen molar-refractivity contribution in [1.29, 1.82) is 0 Å². The van der Waals surface area contributed by atoms with Crippen molar-refractivity contribution < 1.29 is 0 Å². The van der Waals surface area contributed by atoms with Gasteiger partial charge in [0.2, 0.25) is 0 Å². The van der Waals surface area contributed by atoms with Crippen LogP contribution in [0.25, 0.3) is 0 Å². The lowest BCUT2D eigenvalue weighted by atomic mass is 10.3. The van der Waals surface area contributed by atoms with Crippen LogP contribution in [0.1, 0.15) is 5.56 Å². The summed E-state index contributed by atoms with van der Waals surface area (Å²) in [5.74, 6) is 0. The van der Waals surface area contributed by atoms with E-state index in [9.17, 15) is 0 Å². The van der Waals surface area contributed by atoms with E-state index in [1.807, 2.05) is 19.2 Å². The van der Waals surface area contributed by atoms with Crippen LogP contribution < -0.4 is 0 Å². The smallest absolute Gasteiger partial charge is 0.103 e. The highest BCUT2D eigenvalue weighted by molar-refractivity contribution is 9.10. The molecule has 0 fully saturated rings. The zero-order chi connectivity index (χ0) is 6.85. The van der Waals surface area contributed by atoms with Crippen molar-refractivity contribution >= 4 is 28.1 Å². The minimum Gasteiger partial charge on any atom is -0.352 e. The van der Waals surface area contributed by atoms with Gasteiger partial charge < -0.3 is 4.98 Å². The molecule has 0 bridgehead atoms. The molecule has 48 valence electrons. The first-order valence-electron chi connectivity index (χ1n) is 2.55. The average molecular weight is 204 g/mol. The molecule has 0 saturated carbocycles. The number of hydrogen-bond donors (Lipinski definition) is 1. The van der Waals surface area contributed by atoms with E-state index < -0.39 is 0 Å². The summed E-state index contributed by atoms with van der Waals surface area (Å²) < 4.78 is 1.84. The van der Waals surface area contributed by atoms with Crippen molar-refractivity contribution in [2.75, 3.05) is 0 Å². The van der Waals surface area contributed by atoms with Crippen molar-refractivity contribution in [3.8, 4) is 0 Å². The lowest BCUT2D eigenvalue weighted by molar-refractivity contribution is 1.24. The van der Waals surface area contributed by atoms with Crippen LogP contribution in [-0.2, 0) is 0 Å². The molecule has 1 heterocycles. The number of hydrogen-bond acceptors (Lipinski definition) is 1. The van der Waals surface area contributed by atoms with Gasteiger partial charge in [0.1, 0.15) is 4.64 Å². The van der Waals surface area contributed by atoms with Gasteiger partial charge in [0.25, 0.3) is 0 Å². The summed E-state index contributed by atoms with van der Waals surface area (Å²) in [6.07, 6.45) is 1.84. The fraction of sp³-hybridized carbons (Fsp3) is 0.167. The van der Waals surface area contributed by atoms with Crippen LogP contribution in [-0.4, -0.2) is 4.98 Å². The molecule has 0 aliphatic heterocycles. The first-order chi connectivity index (χ1) is 4.20. The first kappa shape index (κ1) is 6.96. The third kappa shape index (κ3) is 1.63. The molecule has 0 spiro atoms.